The number of carbonyl (C=O) groups excluding carboxylic acids is 2. The first-order valence-electron chi connectivity index (χ1n) is 7.77. The van der Waals surface area contributed by atoms with Gasteiger partial charge in [-0.2, -0.15) is 0 Å². The van der Waals surface area contributed by atoms with Gasteiger partial charge in [-0.15, -0.1) is 0 Å². The fourth-order valence-corrected chi connectivity index (χ4v) is 3.19. The molecule has 0 spiro atoms. The van der Waals surface area contributed by atoms with Crippen molar-refractivity contribution in [3.05, 3.63) is 65.2 Å². The maximum absolute atomic E-state index is 13.2. The average molecular weight is 397 g/mol. The van der Waals surface area contributed by atoms with Crippen LogP contribution in [0.25, 0.3) is 0 Å². The van der Waals surface area contributed by atoms with Crippen LogP contribution in [0.4, 0.5) is 14.5 Å². The molecular formula is C18H17F2NO5S. The fourth-order valence-electron chi connectivity index (χ4n) is 2.29. The van der Waals surface area contributed by atoms with Gasteiger partial charge in [0.15, 0.2) is 24.0 Å². The number of anilines is 1. The van der Waals surface area contributed by atoms with Gasteiger partial charge in [-0.3, -0.25) is 13.9 Å². The zero-order chi connectivity index (χ0) is 20.2. The molecule has 0 aliphatic carbocycles. The molecule has 0 radical (unpaired) electrons. The summed E-state index contributed by atoms with van der Waals surface area (Å²) in [6, 6.07) is 9.11. The lowest BCUT2D eigenvalue weighted by Gasteiger charge is -2.23. The fraction of sp³-hybridized carbons (Fsp3) is 0.222. The number of Topliss-reactive ketones (excluding diaryl/α,β-unsaturated/α-hetero) is 1. The molecule has 2 rings (SSSR count). The number of esters is 1. The molecule has 0 atom stereocenters. The monoisotopic (exact) mass is 397 g/mol. The third-order valence-electron chi connectivity index (χ3n) is 3.66. The van der Waals surface area contributed by atoms with Gasteiger partial charge in [0.05, 0.1) is 11.9 Å². The van der Waals surface area contributed by atoms with Crippen molar-refractivity contribution >= 4 is 27.5 Å². The summed E-state index contributed by atoms with van der Waals surface area (Å²) in [4.78, 5) is 23.9. The number of aryl methyl sites for hydroxylation is 1. The number of benzene rings is 2. The Labute approximate surface area is 155 Å². The summed E-state index contributed by atoms with van der Waals surface area (Å²) in [7, 11) is -3.78. The maximum Gasteiger partial charge on any atom is 0.327 e. The van der Waals surface area contributed by atoms with Crippen LogP contribution in [0.3, 0.4) is 0 Å². The normalized spacial score (nSPS) is 11.1. The van der Waals surface area contributed by atoms with Gasteiger partial charge in [0.2, 0.25) is 10.0 Å². The number of hydrogen-bond donors (Lipinski definition) is 0. The Morgan fingerprint density at radius 3 is 2.33 bits per heavy atom. The Hall–Kier alpha value is -2.81. The highest BCUT2D eigenvalue weighted by Crippen LogP contribution is 2.21. The smallest absolute Gasteiger partial charge is 0.327 e. The van der Waals surface area contributed by atoms with Crippen molar-refractivity contribution in [3.63, 3.8) is 0 Å². The molecule has 0 saturated heterocycles. The molecule has 27 heavy (non-hydrogen) atoms. The summed E-state index contributed by atoms with van der Waals surface area (Å²) in [6.45, 7) is 0.329. The van der Waals surface area contributed by atoms with E-state index in [0.29, 0.717) is 17.3 Å². The van der Waals surface area contributed by atoms with Crippen LogP contribution >= 0.6 is 0 Å². The number of ketones is 1. The van der Waals surface area contributed by atoms with Crippen molar-refractivity contribution in [1.29, 1.82) is 0 Å². The minimum absolute atomic E-state index is 0.166. The van der Waals surface area contributed by atoms with Gasteiger partial charge in [0.1, 0.15) is 6.54 Å². The van der Waals surface area contributed by atoms with Crippen molar-refractivity contribution < 1.29 is 31.5 Å². The molecule has 6 nitrogen and oxygen atoms in total. The Morgan fingerprint density at radius 1 is 1.07 bits per heavy atom. The molecule has 0 bridgehead atoms. The molecule has 144 valence electrons. The number of hydrogen-bond acceptors (Lipinski definition) is 5. The quantitative estimate of drug-likeness (QED) is 0.530. The van der Waals surface area contributed by atoms with Gasteiger partial charge < -0.3 is 4.74 Å². The Balaban J connectivity index is 2.07. The molecule has 0 aliphatic heterocycles. The first-order chi connectivity index (χ1) is 12.6. The lowest BCUT2D eigenvalue weighted by Crippen LogP contribution is -2.36. The van der Waals surface area contributed by atoms with Crippen LogP contribution in [0.15, 0.2) is 42.5 Å². The zero-order valence-corrected chi connectivity index (χ0v) is 15.4. The molecule has 9 heteroatoms. The molecule has 0 heterocycles. The van der Waals surface area contributed by atoms with E-state index in [1.807, 2.05) is 0 Å². The Kier molecular flexibility index (Phi) is 6.27. The van der Waals surface area contributed by atoms with E-state index in [9.17, 15) is 26.8 Å². The summed E-state index contributed by atoms with van der Waals surface area (Å²) in [5.41, 5.74) is 0.776. The van der Waals surface area contributed by atoms with Crippen LogP contribution in [0, 0.1) is 18.6 Å². The van der Waals surface area contributed by atoms with Crippen molar-refractivity contribution in [3.8, 4) is 0 Å². The summed E-state index contributed by atoms with van der Waals surface area (Å²) in [6.07, 6.45) is 0.944. The van der Waals surface area contributed by atoms with E-state index in [2.05, 4.69) is 0 Å². The molecule has 0 unspecified atom stereocenters. The number of carbonyl (C=O) groups is 2. The van der Waals surface area contributed by atoms with Crippen LogP contribution in [0.2, 0.25) is 0 Å². The molecule has 0 aromatic heterocycles. The molecule has 0 amide bonds. The number of halogens is 2. The van der Waals surface area contributed by atoms with Crippen LogP contribution in [0.1, 0.15) is 15.9 Å². The second-order valence-electron chi connectivity index (χ2n) is 5.77. The lowest BCUT2D eigenvalue weighted by atomic mass is 10.1. The van der Waals surface area contributed by atoms with Crippen LogP contribution < -0.4 is 4.31 Å². The largest absolute Gasteiger partial charge is 0.456 e. The van der Waals surface area contributed by atoms with Crippen LogP contribution in [0.5, 0.6) is 0 Å². The number of nitrogens with zero attached hydrogens (tertiary/aromatic N) is 1. The first kappa shape index (κ1) is 20.5. The highest BCUT2D eigenvalue weighted by molar-refractivity contribution is 7.92. The van der Waals surface area contributed by atoms with E-state index in [-0.39, 0.29) is 5.56 Å². The summed E-state index contributed by atoms with van der Waals surface area (Å²) in [5.74, 6) is -4.01. The molecular weight excluding hydrogens is 380 g/mol. The third-order valence-corrected chi connectivity index (χ3v) is 4.79. The molecule has 2 aromatic carbocycles. The summed E-state index contributed by atoms with van der Waals surface area (Å²) in [5, 5.41) is 0. The highest BCUT2D eigenvalue weighted by Gasteiger charge is 2.23. The van der Waals surface area contributed by atoms with Gasteiger partial charge in [-0.1, -0.05) is 18.2 Å². The van der Waals surface area contributed by atoms with Crippen molar-refractivity contribution in [2.75, 3.05) is 23.7 Å². The summed E-state index contributed by atoms with van der Waals surface area (Å²) >= 11 is 0. The van der Waals surface area contributed by atoms with Crippen molar-refractivity contribution in [1.82, 2.24) is 0 Å². The van der Waals surface area contributed by atoms with E-state index in [1.54, 1.807) is 25.1 Å². The van der Waals surface area contributed by atoms with Gasteiger partial charge in [-0.25, -0.2) is 17.2 Å². The molecule has 0 aliphatic rings. The van der Waals surface area contributed by atoms with Crippen LogP contribution in [-0.2, 0) is 19.6 Å². The Morgan fingerprint density at radius 2 is 1.74 bits per heavy atom. The van der Waals surface area contributed by atoms with E-state index in [1.165, 1.54) is 6.07 Å². The summed E-state index contributed by atoms with van der Waals surface area (Å²) < 4.78 is 55.8. The number of ether oxygens (including phenoxy) is 1. The Bertz CT molecular complexity index is 975. The topological polar surface area (TPSA) is 80.8 Å². The van der Waals surface area contributed by atoms with E-state index >= 15 is 0 Å². The second kappa shape index (κ2) is 8.26. The minimum Gasteiger partial charge on any atom is -0.456 e. The first-order valence-corrected chi connectivity index (χ1v) is 9.61. The third kappa shape index (κ3) is 5.33. The molecule has 0 fully saturated rings. The van der Waals surface area contributed by atoms with Gasteiger partial charge in [-0.05, 0) is 36.8 Å². The number of sulfonamides is 1. The van der Waals surface area contributed by atoms with Crippen molar-refractivity contribution in [2.45, 2.75) is 6.92 Å². The molecule has 0 saturated carbocycles. The van der Waals surface area contributed by atoms with E-state index < -0.39 is 46.6 Å². The van der Waals surface area contributed by atoms with E-state index in [4.69, 9.17) is 4.74 Å². The maximum atomic E-state index is 13.2. The van der Waals surface area contributed by atoms with E-state index in [0.717, 1.165) is 22.7 Å². The average Bonchev–Trinajstić information content (AvgIpc) is 2.59. The SMILES string of the molecule is Cc1ccccc1N(CC(=O)OCC(=O)c1ccc(F)c(F)c1)S(C)(=O)=O. The molecule has 2 aromatic rings. The van der Waals surface area contributed by atoms with Gasteiger partial charge >= 0.3 is 5.97 Å². The predicted molar refractivity (Wildman–Crippen MR) is 95.0 cm³/mol. The number of rotatable bonds is 7. The van der Waals surface area contributed by atoms with Crippen molar-refractivity contribution in [2.24, 2.45) is 0 Å². The molecule has 0 N–H and O–H groups in total. The van der Waals surface area contributed by atoms with Crippen LogP contribution in [-0.4, -0.2) is 39.6 Å². The lowest BCUT2D eigenvalue weighted by molar-refractivity contribution is -0.140. The minimum atomic E-state index is -3.78. The van der Waals surface area contributed by atoms with Gasteiger partial charge in [0, 0.05) is 5.56 Å². The predicted octanol–water partition coefficient (Wildman–Crippen LogP) is 2.47. The second-order valence-corrected chi connectivity index (χ2v) is 7.68. The van der Waals surface area contributed by atoms with Gasteiger partial charge in [0.25, 0.3) is 0 Å². The standard InChI is InChI=1S/C18H17F2NO5S/c1-12-5-3-4-6-16(12)21(27(2,24)25)10-18(23)26-11-17(22)13-7-8-14(19)15(20)9-13/h3-9H,10-11H2,1-2H3. The zero-order valence-electron chi connectivity index (χ0n) is 14.6. The highest BCUT2D eigenvalue weighted by atomic mass is 32.2. The number of para-hydroxylation sites is 1.